The van der Waals surface area contributed by atoms with Gasteiger partial charge < -0.3 is 19.3 Å². The second kappa shape index (κ2) is 15.4. The molecule has 0 radical (unpaired) electrons. The van der Waals surface area contributed by atoms with Crippen LogP contribution >= 0.6 is 23.5 Å². The third-order valence-electron chi connectivity index (χ3n) is 10.8. The van der Waals surface area contributed by atoms with Gasteiger partial charge in [-0.1, -0.05) is 44.0 Å². The number of carbonyl (C=O) groups is 2. The number of hydrogen-bond acceptors (Lipinski definition) is 6. The van der Waals surface area contributed by atoms with Crippen molar-refractivity contribution in [2.24, 2.45) is 5.92 Å². The molecular formula is C38H49ClFN3O4S. The fraction of sp³-hybridized carbons (Fsp3) is 0.579. The molecule has 1 spiro atoms. The normalized spacial score (nSPS) is 27.8. The molecule has 0 aromatic heterocycles. The van der Waals surface area contributed by atoms with Crippen molar-refractivity contribution >= 4 is 41.1 Å². The first-order valence-electron chi connectivity index (χ1n) is 17.7. The number of allylic oxidation sites excluding steroid dienone is 1. The number of rotatable bonds is 4. The number of carbonyl (C=O) groups excluding carboxylic acids is 2. The summed E-state index contributed by atoms with van der Waals surface area (Å²) in [4.78, 5) is 30.7. The molecule has 4 aliphatic rings. The van der Waals surface area contributed by atoms with E-state index in [1.165, 1.54) is 11.9 Å². The predicted molar refractivity (Wildman–Crippen MR) is 192 cm³/mol. The lowest BCUT2D eigenvalue weighted by Crippen LogP contribution is -2.46. The Bertz CT molecular complexity index is 1530. The fourth-order valence-corrected chi connectivity index (χ4v) is 8.87. The van der Waals surface area contributed by atoms with E-state index in [-0.39, 0.29) is 46.5 Å². The molecule has 6 rings (SSSR count). The van der Waals surface area contributed by atoms with E-state index in [0.717, 1.165) is 87.0 Å². The summed E-state index contributed by atoms with van der Waals surface area (Å²) in [6, 6.07) is 9.33. The predicted octanol–water partition coefficient (Wildman–Crippen LogP) is 7.88. The highest BCUT2D eigenvalue weighted by molar-refractivity contribution is 7.98. The smallest absolute Gasteiger partial charge is 0.261 e. The molecule has 4 unspecified atom stereocenters. The molecule has 3 aliphatic heterocycles. The first kappa shape index (κ1) is 35.1. The molecule has 3 heterocycles. The maximum absolute atomic E-state index is 15.4. The molecule has 1 N–H and O–H groups in total. The third kappa shape index (κ3) is 7.53. The number of likely N-dealkylation sites (tertiary alicyclic amines) is 1. The molecule has 0 saturated carbocycles. The van der Waals surface area contributed by atoms with Gasteiger partial charge in [0.15, 0.2) is 0 Å². The molecule has 2 bridgehead atoms. The van der Waals surface area contributed by atoms with E-state index in [2.05, 4.69) is 36.5 Å². The van der Waals surface area contributed by atoms with Crippen LogP contribution in [0.3, 0.4) is 0 Å². The molecule has 2 aromatic carbocycles. The second-order valence-corrected chi connectivity index (χ2v) is 15.7. The number of halogens is 2. The number of anilines is 1. The van der Waals surface area contributed by atoms with Crippen molar-refractivity contribution in [1.29, 1.82) is 0 Å². The highest BCUT2D eigenvalue weighted by atomic mass is 35.5. The zero-order valence-corrected chi connectivity index (χ0v) is 30.1. The van der Waals surface area contributed by atoms with Gasteiger partial charge >= 0.3 is 0 Å². The van der Waals surface area contributed by atoms with Crippen LogP contribution in [0.25, 0.3) is 0 Å². The van der Waals surface area contributed by atoms with Crippen LogP contribution in [0.4, 0.5) is 10.1 Å². The molecule has 7 nitrogen and oxygen atoms in total. The minimum atomic E-state index is -0.442. The highest BCUT2D eigenvalue weighted by Gasteiger charge is 2.43. The average molecular weight is 698 g/mol. The van der Waals surface area contributed by atoms with Gasteiger partial charge in [-0.2, -0.15) is 0 Å². The number of amides is 2. The van der Waals surface area contributed by atoms with E-state index >= 15 is 4.39 Å². The van der Waals surface area contributed by atoms with Gasteiger partial charge in [0, 0.05) is 42.4 Å². The van der Waals surface area contributed by atoms with Crippen molar-refractivity contribution in [1.82, 2.24) is 9.62 Å². The summed E-state index contributed by atoms with van der Waals surface area (Å²) in [5, 5.41) is 0.365. The zero-order valence-electron chi connectivity index (χ0n) is 28.5. The van der Waals surface area contributed by atoms with Crippen LogP contribution in [0.15, 0.2) is 42.0 Å². The van der Waals surface area contributed by atoms with Gasteiger partial charge in [-0.3, -0.25) is 14.3 Å². The summed E-state index contributed by atoms with van der Waals surface area (Å²) < 4.78 is 31.6. The average Bonchev–Trinajstić information content (AvgIpc) is 3.59. The molecule has 48 heavy (non-hydrogen) atoms. The zero-order chi connectivity index (χ0) is 33.8. The van der Waals surface area contributed by atoms with E-state index in [9.17, 15) is 9.59 Å². The second-order valence-electron chi connectivity index (χ2n) is 14.1. The molecule has 260 valence electrons. The van der Waals surface area contributed by atoms with E-state index in [1.807, 2.05) is 29.2 Å². The number of hydrogen-bond donors (Lipinski definition) is 1. The molecule has 1 fully saturated rings. The standard InChI is InChI=1S/C38H49ClFN3O4S/c1-4-27-16-20-43-23-38(17-8-11-29-30(38)13-14-31(39)35(29)40)24-47-33-15-12-28(21-32(33)43)37(45)41-48-26(3)10-7-9-25(2)36(27)46-22-34(44)42-18-5-6-19-42/h9,12-15,21,26-27,36H,4-8,10-11,16-20,22-24H2,1-3H3,(H,41,45)/b25-9+. The van der Waals surface area contributed by atoms with Crippen LogP contribution in [-0.2, 0) is 21.4 Å². The first-order chi connectivity index (χ1) is 23.2. The van der Waals surface area contributed by atoms with Crippen LogP contribution in [0.2, 0.25) is 5.02 Å². The number of nitrogens with one attached hydrogen (secondary N) is 1. The largest absolute Gasteiger partial charge is 0.490 e. The monoisotopic (exact) mass is 697 g/mol. The van der Waals surface area contributed by atoms with Crippen LogP contribution in [0.1, 0.15) is 93.6 Å². The van der Waals surface area contributed by atoms with Crippen LogP contribution in [0.5, 0.6) is 5.75 Å². The van der Waals surface area contributed by atoms with Crippen molar-refractivity contribution < 1.29 is 23.5 Å². The summed E-state index contributed by atoms with van der Waals surface area (Å²) in [5.41, 5.74) is 3.81. The Morgan fingerprint density at radius 3 is 2.77 bits per heavy atom. The van der Waals surface area contributed by atoms with Gasteiger partial charge in [-0.15, -0.1) is 0 Å². The quantitative estimate of drug-likeness (QED) is 0.259. The van der Waals surface area contributed by atoms with E-state index < -0.39 is 5.41 Å². The van der Waals surface area contributed by atoms with Crippen molar-refractivity contribution in [2.75, 3.05) is 44.3 Å². The lowest BCUT2D eigenvalue weighted by Gasteiger charge is -2.41. The highest BCUT2D eigenvalue weighted by Crippen LogP contribution is 2.45. The van der Waals surface area contributed by atoms with Gasteiger partial charge in [0.1, 0.15) is 18.2 Å². The molecule has 4 atom stereocenters. The van der Waals surface area contributed by atoms with Crippen LogP contribution in [0, 0.1) is 11.7 Å². The summed E-state index contributed by atoms with van der Waals surface area (Å²) in [7, 11) is 0. The molecule has 1 aliphatic carbocycles. The minimum absolute atomic E-state index is 0.0689. The Morgan fingerprint density at radius 1 is 1.17 bits per heavy atom. The Hall–Kier alpha value is -2.75. The summed E-state index contributed by atoms with van der Waals surface area (Å²) >= 11 is 7.70. The van der Waals surface area contributed by atoms with E-state index in [0.29, 0.717) is 37.2 Å². The Morgan fingerprint density at radius 2 is 1.98 bits per heavy atom. The molecule has 2 aromatic rings. The van der Waals surface area contributed by atoms with Gasteiger partial charge in [-0.05, 0) is 117 Å². The first-order valence-corrected chi connectivity index (χ1v) is 19.0. The van der Waals surface area contributed by atoms with Crippen LogP contribution in [-0.4, -0.2) is 67.5 Å². The van der Waals surface area contributed by atoms with Gasteiger partial charge in [0.05, 0.1) is 23.4 Å². The van der Waals surface area contributed by atoms with E-state index in [1.54, 1.807) is 6.07 Å². The lowest BCUT2D eigenvalue weighted by molar-refractivity contribution is -0.137. The van der Waals surface area contributed by atoms with Gasteiger partial charge in [0.25, 0.3) is 5.91 Å². The number of nitrogens with zero attached hydrogens (tertiary/aromatic N) is 2. The fourth-order valence-electron chi connectivity index (χ4n) is 8.01. The SMILES string of the molecule is CCC1CCN2CC3(CCCc4c3ccc(Cl)c4F)COc3ccc(cc32)C(=O)NSC(C)CC/C=C(\C)C1OCC(=O)N1CCCC1. The van der Waals surface area contributed by atoms with Gasteiger partial charge in [0.2, 0.25) is 5.91 Å². The van der Waals surface area contributed by atoms with Crippen molar-refractivity contribution in [3.05, 3.63) is 69.5 Å². The van der Waals surface area contributed by atoms with E-state index in [4.69, 9.17) is 21.1 Å². The molecule has 10 heteroatoms. The minimum Gasteiger partial charge on any atom is -0.490 e. The Labute approximate surface area is 294 Å². The summed E-state index contributed by atoms with van der Waals surface area (Å²) in [6.45, 7) is 9.87. The Kier molecular flexibility index (Phi) is 11.3. The number of fused-ring (bicyclic) bond motifs is 3. The lowest BCUT2D eigenvalue weighted by atomic mass is 9.70. The maximum Gasteiger partial charge on any atom is 0.261 e. The number of ether oxygens (including phenoxy) is 2. The maximum atomic E-state index is 15.4. The molecular weight excluding hydrogens is 649 g/mol. The molecule has 2 amide bonds. The van der Waals surface area contributed by atoms with Crippen molar-refractivity contribution in [2.45, 2.75) is 95.3 Å². The Balaban J connectivity index is 1.35. The summed E-state index contributed by atoms with van der Waals surface area (Å²) in [5.74, 6) is 0.497. The number of benzene rings is 2. The van der Waals surface area contributed by atoms with Crippen LogP contribution < -0.4 is 14.4 Å². The van der Waals surface area contributed by atoms with Crippen molar-refractivity contribution in [3.63, 3.8) is 0 Å². The third-order valence-corrected chi connectivity index (χ3v) is 12.1. The topological polar surface area (TPSA) is 71.1 Å². The van der Waals surface area contributed by atoms with Gasteiger partial charge in [-0.25, -0.2) is 4.39 Å². The molecule has 1 saturated heterocycles. The van der Waals surface area contributed by atoms with Crippen molar-refractivity contribution in [3.8, 4) is 5.75 Å². The summed E-state index contributed by atoms with van der Waals surface area (Å²) in [6.07, 6.45) is 9.97.